The molecule has 0 atom stereocenters. The quantitative estimate of drug-likeness (QED) is 0.553. The van der Waals surface area contributed by atoms with E-state index in [2.05, 4.69) is 15.4 Å². The predicted octanol–water partition coefficient (Wildman–Crippen LogP) is 4.89. The number of carbonyl (C=O) groups is 1. The maximum Gasteiger partial charge on any atom is 0.227 e. The molecule has 2 aliphatic rings. The van der Waals surface area contributed by atoms with Gasteiger partial charge in [0.2, 0.25) is 15.9 Å². The molecule has 0 aromatic heterocycles. The fourth-order valence-electron chi connectivity index (χ4n) is 4.46. The van der Waals surface area contributed by atoms with Crippen molar-refractivity contribution >= 4 is 27.3 Å². The van der Waals surface area contributed by atoms with Crippen LogP contribution in [-0.2, 0) is 14.8 Å². The van der Waals surface area contributed by atoms with Crippen molar-refractivity contribution in [2.75, 3.05) is 17.2 Å². The first kappa shape index (κ1) is 24.1. The molecule has 1 aromatic carbocycles. The number of sulfonamides is 1. The van der Waals surface area contributed by atoms with Crippen LogP contribution in [-0.4, -0.2) is 31.7 Å². The van der Waals surface area contributed by atoms with E-state index in [1.165, 1.54) is 6.42 Å². The largest absolute Gasteiger partial charge is 0.385 e. The molecule has 0 unspecified atom stereocenters. The van der Waals surface area contributed by atoms with Gasteiger partial charge < -0.3 is 10.6 Å². The second-order valence-corrected chi connectivity index (χ2v) is 12.7. The van der Waals surface area contributed by atoms with Gasteiger partial charge in [-0.1, -0.05) is 25.3 Å². The standard InChI is InChI=1S/C24H39N3O3S/c1-24(2,3)31(29,30)27-20-14-12-18(13-15-20)17-25-21-10-7-11-22(16-21)26-23(28)19-8-5-4-6-9-19/h7,10-11,16,18-20,25,27H,4-6,8-9,12-15,17H2,1-3H3,(H,26,28)/t18-,20-. The monoisotopic (exact) mass is 449 g/mol. The second-order valence-electron chi connectivity index (χ2n) is 10.2. The molecule has 6 nitrogen and oxygen atoms in total. The average molecular weight is 450 g/mol. The van der Waals surface area contributed by atoms with E-state index in [4.69, 9.17) is 0 Å². The van der Waals surface area contributed by atoms with E-state index in [0.29, 0.717) is 5.92 Å². The summed E-state index contributed by atoms with van der Waals surface area (Å²) in [5, 5.41) is 6.59. The Kier molecular flexibility index (Phi) is 8.03. The molecule has 174 valence electrons. The minimum Gasteiger partial charge on any atom is -0.385 e. The van der Waals surface area contributed by atoms with Crippen LogP contribution in [0.2, 0.25) is 0 Å². The molecule has 31 heavy (non-hydrogen) atoms. The van der Waals surface area contributed by atoms with Gasteiger partial charge in [0.25, 0.3) is 0 Å². The van der Waals surface area contributed by atoms with E-state index >= 15 is 0 Å². The van der Waals surface area contributed by atoms with Crippen LogP contribution in [0, 0.1) is 11.8 Å². The van der Waals surface area contributed by atoms with Crippen molar-refractivity contribution in [3.05, 3.63) is 24.3 Å². The fourth-order valence-corrected chi connectivity index (χ4v) is 5.49. The van der Waals surface area contributed by atoms with Gasteiger partial charge in [0.1, 0.15) is 0 Å². The molecule has 3 rings (SSSR count). The number of amides is 1. The van der Waals surface area contributed by atoms with E-state index in [1.54, 1.807) is 20.8 Å². The van der Waals surface area contributed by atoms with Gasteiger partial charge in [-0.2, -0.15) is 0 Å². The molecule has 7 heteroatoms. The highest BCUT2D eigenvalue weighted by Crippen LogP contribution is 2.28. The van der Waals surface area contributed by atoms with Crippen LogP contribution in [0.4, 0.5) is 11.4 Å². The summed E-state index contributed by atoms with van der Waals surface area (Å²) in [6, 6.07) is 7.98. The summed E-state index contributed by atoms with van der Waals surface area (Å²) in [5.41, 5.74) is 1.86. The molecule has 0 heterocycles. The number of hydrogen-bond acceptors (Lipinski definition) is 4. The van der Waals surface area contributed by atoms with Gasteiger partial charge in [-0.05, 0) is 83.4 Å². The first-order valence-corrected chi connectivity index (χ1v) is 13.3. The lowest BCUT2D eigenvalue weighted by Crippen LogP contribution is -2.46. The molecule has 0 bridgehead atoms. The van der Waals surface area contributed by atoms with Crippen molar-refractivity contribution in [3.8, 4) is 0 Å². The van der Waals surface area contributed by atoms with E-state index in [1.807, 2.05) is 24.3 Å². The van der Waals surface area contributed by atoms with Gasteiger partial charge in [0.15, 0.2) is 0 Å². The van der Waals surface area contributed by atoms with Crippen LogP contribution in [0.5, 0.6) is 0 Å². The zero-order valence-electron chi connectivity index (χ0n) is 19.2. The third-order valence-corrected chi connectivity index (χ3v) is 8.93. The Morgan fingerprint density at radius 2 is 1.61 bits per heavy atom. The van der Waals surface area contributed by atoms with Crippen LogP contribution in [0.25, 0.3) is 0 Å². The van der Waals surface area contributed by atoms with Crippen molar-refractivity contribution in [1.29, 1.82) is 0 Å². The summed E-state index contributed by atoms with van der Waals surface area (Å²) >= 11 is 0. The van der Waals surface area contributed by atoms with Gasteiger partial charge >= 0.3 is 0 Å². The first-order valence-electron chi connectivity index (χ1n) is 11.8. The number of benzene rings is 1. The Bertz CT molecular complexity index is 834. The molecule has 2 saturated carbocycles. The van der Waals surface area contributed by atoms with Gasteiger partial charge in [-0.25, -0.2) is 13.1 Å². The van der Waals surface area contributed by atoms with Crippen LogP contribution in [0.1, 0.15) is 78.6 Å². The summed E-state index contributed by atoms with van der Waals surface area (Å²) in [6.07, 6.45) is 9.30. The van der Waals surface area contributed by atoms with Gasteiger partial charge in [0, 0.05) is 29.9 Å². The van der Waals surface area contributed by atoms with Crippen molar-refractivity contribution in [2.45, 2.75) is 89.3 Å². The fraction of sp³-hybridized carbons (Fsp3) is 0.708. The third-order valence-electron chi connectivity index (χ3n) is 6.68. The number of anilines is 2. The molecule has 0 aliphatic heterocycles. The van der Waals surface area contributed by atoms with Crippen LogP contribution >= 0.6 is 0 Å². The minimum atomic E-state index is -3.29. The van der Waals surface area contributed by atoms with Crippen LogP contribution in [0.3, 0.4) is 0 Å². The summed E-state index contributed by atoms with van der Waals surface area (Å²) in [5.74, 6) is 0.819. The Morgan fingerprint density at radius 3 is 2.26 bits per heavy atom. The smallest absolute Gasteiger partial charge is 0.227 e. The zero-order chi connectivity index (χ0) is 22.5. The van der Waals surface area contributed by atoms with Gasteiger partial charge in [-0.3, -0.25) is 4.79 Å². The van der Waals surface area contributed by atoms with Crippen molar-refractivity contribution in [2.24, 2.45) is 11.8 Å². The van der Waals surface area contributed by atoms with Crippen molar-refractivity contribution < 1.29 is 13.2 Å². The topological polar surface area (TPSA) is 87.3 Å². The number of carbonyl (C=O) groups excluding carboxylic acids is 1. The highest BCUT2D eigenvalue weighted by atomic mass is 32.2. The highest BCUT2D eigenvalue weighted by Gasteiger charge is 2.32. The lowest BCUT2D eigenvalue weighted by atomic mass is 9.86. The van der Waals surface area contributed by atoms with E-state index < -0.39 is 14.8 Å². The van der Waals surface area contributed by atoms with E-state index in [9.17, 15) is 13.2 Å². The number of rotatable bonds is 7. The van der Waals surface area contributed by atoms with Crippen molar-refractivity contribution in [1.82, 2.24) is 4.72 Å². The maximum atomic E-state index is 12.5. The van der Waals surface area contributed by atoms with E-state index in [-0.39, 0.29) is 17.9 Å². The predicted molar refractivity (Wildman–Crippen MR) is 128 cm³/mol. The summed E-state index contributed by atoms with van der Waals surface area (Å²) in [6.45, 7) is 6.06. The van der Waals surface area contributed by atoms with Crippen LogP contribution < -0.4 is 15.4 Å². The lowest BCUT2D eigenvalue weighted by molar-refractivity contribution is -0.120. The molecule has 1 aromatic rings. The van der Waals surface area contributed by atoms with Gasteiger partial charge in [-0.15, -0.1) is 0 Å². The molecule has 2 fully saturated rings. The molecule has 0 radical (unpaired) electrons. The second kappa shape index (κ2) is 10.3. The lowest BCUT2D eigenvalue weighted by Gasteiger charge is -2.31. The molecule has 3 N–H and O–H groups in total. The summed E-state index contributed by atoms with van der Waals surface area (Å²) in [4.78, 5) is 12.5. The Labute approximate surface area is 188 Å². The molecule has 2 aliphatic carbocycles. The molecule has 0 saturated heterocycles. The Balaban J connectivity index is 1.44. The van der Waals surface area contributed by atoms with E-state index in [0.717, 1.165) is 69.3 Å². The molecular formula is C24H39N3O3S. The first-order chi connectivity index (χ1) is 14.6. The SMILES string of the molecule is CC(C)(C)S(=O)(=O)N[C@H]1CC[C@H](CNc2cccc(NC(=O)C3CCCCC3)c2)CC1. The maximum absolute atomic E-state index is 12.5. The minimum absolute atomic E-state index is 0.0406. The van der Waals surface area contributed by atoms with Gasteiger partial charge in [0.05, 0.1) is 4.75 Å². The molecular weight excluding hydrogens is 410 g/mol. The van der Waals surface area contributed by atoms with Crippen LogP contribution in [0.15, 0.2) is 24.3 Å². The summed E-state index contributed by atoms with van der Waals surface area (Å²) in [7, 11) is -3.29. The normalized spacial score (nSPS) is 23.3. The molecule has 0 spiro atoms. The Morgan fingerprint density at radius 1 is 0.968 bits per heavy atom. The highest BCUT2D eigenvalue weighted by molar-refractivity contribution is 7.90. The third kappa shape index (κ3) is 6.94. The van der Waals surface area contributed by atoms with Crippen molar-refractivity contribution in [3.63, 3.8) is 0 Å². The summed E-state index contributed by atoms with van der Waals surface area (Å²) < 4.78 is 26.9. The molecule has 1 amide bonds. The number of hydrogen-bond donors (Lipinski definition) is 3. The number of nitrogens with one attached hydrogen (secondary N) is 3. The zero-order valence-corrected chi connectivity index (χ0v) is 20.1. The average Bonchev–Trinajstić information content (AvgIpc) is 2.73. The Hall–Kier alpha value is -1.60.